The highest BCUT2D eigenvalue weighted by Gasteiger charge is 2.07. The highest BCUT2D eigenvalue weighted by molar-refractivity contribution is 7.80. The summed E-state index contributed by atoms with van der Waals surface area (Å²) in [6, 6.07) is 7.97. The lowest BCUT2D eigenvalue weighted by molar-refractivity contribution is 0.628. The number of benzene rings is 2. The van der Waals surface area contributed by atoms with Crippen LogP contribution < -0.4 is 10.6 Å². The summed E-state index contributed by atoms with van der Waals surface area (Å²) in [5.41, 5.74) is 0.588. The van der Waals surface area contributed by atoms with E-state index < -0.39 is 11.6 Å². The van der Waals surface area contributed by atoms with Crippen LogP contribution in [0, 0.1) is 11.6 Å². The van der Waals surface area contributed by atoms with Gasteiger partial charge in [-0.25, -0.2) is 8.78 Å². The maximum atomic E-state index is 13.6. The molecule has 0 aromatic heterocycles. The Hall–Kier alpha value is -1.43. The lowest BCUT2D eigenvalue weighted by Crippen LogP contribution is -2.20. The Balaban J connectivity index is 2.09. The van der Waals surface area contributed by atoms with E-state index in [0.717, 1.165) is 12.1 Å². The van der Waals surface area contributed by atoms with Crippen LogP contribution in [0.1, 0.15) is 0 Å². The number of hydrogen-bond donors (Lipinski definition) is 2. The third-order valence-electron chi connectivity index (χ3n) is 2.36. The number of thiocarbonyl (C=S) groups is 1. The van der Waals surface area contributed by atoms with Gasteiger partial charge in [0, 0.05) is 5.02 Å². The first-order valence-electron chi connectivity index (χ1n) is 5.44. The highest BCUT2D eigenvalue weighted by Crippen LogP contribution is 2.23. The van der Waals surface area contributed by atoms with Crippen molar-refractivity contribution in [2.75, 3.05) is 10.6 Å². The summed E-state index contributed by atoms with van der Waals surface area (Å²) in [7, 11) is 0. The number of nitrogens with one attached hydrogen (secondary N) is 2. The second-order valence-corrected chi connectivity index (χ2v) is 5.08. The second kappa shape index (κ2) is 6.35. The predicted octanol–water partition coefficient (Wildman–Crippen LogP) is 5.08. The van der Waals surface area contributed by atoms with Crippen molar-refractivity contribution < 1.29 is 8.78 Å². The van der Waals surface area contributed by atoms with E-state index in [1.807, 2.05) is 0 Å². The predicted molar refractivity (Wildman–Crippen MR) is 82.7 cm³/mol. The van der Waals surface area contributed by atoms with Gasteiger partial charge in [0.2, 0.25) is 0 Å². The standard InChI is InChI=1S/C13H8Cl2F2N2S/c14-7-1-3-12(10(17)5-7)19-13(20)18-11-4-2-8(16)6-9(11)15/h1-6H,(H2,18,19,20). The Labute approximate surface area is 129 Å². The Kier molecular flexibility index (Phi) is 4.75. The van der Waals surface area contributed by atoms with E-state index in [1.165, 1.54) is 24.3 Å². The SMILES string of the molecule is Fc1ccc(NC(=S)Nc2ccc(Cl)cc2F)c(Cl)c1. The first-order chi connectivity index (χ1) is 9.45. The minimum Gasteiger partial charge on any atom is -0.331 e. The molecular formula is C13H8Cl2F2N2S. The maximum absolute atomic E-state index is 13.6. The van der Waals surface area contributed by atoms with Gasteiger partial charge >= 0.3 is 0 Å². The molecule has 2 rings (SSSR count). The van der Waals surface area contributed by atoms with Gasteiger partial charge in [-0.2, -0.15) is 0 Å². The van der Waals surface area contributed by atoms with Gasteiger partial charge in [-0.05, 0) is 48.6 Å². The molecule has 0 saturated carbocycles. The molecule has 0 aliphatic carbocycles. The van der Waals surface area contributed by atoms with Gasteiger partial charge in [-0.3, -0.25) is 0 Å². The Bertz CT molecular complexity index is 609. The van der Waals surface area contributed by atoms with E-state index in [2.05, 4.69) is 10.6 Å². The molecule has 2 N–H and O–H groups in total. The minimum atomic E-state index is -0.535. The summed E-state index contributed by atoms with van der Waals surface area (Å²) in [5, 5.41) is 5.99. The molecular weight excluding hydrogens is 325 g/mol. The van der Waals surface area contributed by atoms with Crippen molar-refractivity contribution in [1.82, 2.24) is 0 Å². The summed E-state index contributed by atoms with van der Waals surface area (Å²) in [5.74, 6) is -0.991. The first kappa shape index (κ1) is 15.0. The number of rotatable bonds is 2. The van der Waals surface area contributed by atoms with Crippen molar-refractivity contribution in [3.8, 4) is 0 Å². The monoisotopic (exact) mass is 332 g/mol. The quantitative estimate of drug-likeness (QED) is 0.750. The van der Waals surface area contributed by atoms with Crippen LogP contribution in [0.4, 0.5) is 20.2 Å². The summed E-state index contributed by atoms with van der Waals surface area (Å²) in [6.07, 6.45) is 0. The molecule has 104 valence electrons. The minimum absolute atomic E-state index is 0.125. The number of anilines is 2. The van der Waals surface area contributed by atoms with E-state index in [4.69, 9.17) is 35.4 Å². The third-order valence-corrected chi connectivity index (χ3v) is 3.11. The van der Waals surface area contributed by atoms with Crippen LogP contribution in [-0.2, 0) is 0 Å². The Morgan fingerprint density at radius 2 is 1.60 bits per heavy atom. The van der Waals surface area contributed by atoms with Crippen LogP contribution in [0.2, 0.25) is 10.0 Å². The van der Waals surface area contributed by atoms with Crippen molar-refractivity contribution in [3.05, 3.63) is 58.1 Å². The molecule has 0 atom stereocenters. The zero-order chi connectivity index (χ0) is 14.7. The molecule has 2 nitrogen and oxygen atoms in total. The van der Waals surface area contributed by atoms with Gasteiger partial charge in [0.25, 0.3) is 0 Å². The smallest absolute Gasteiger partial charge is 0.175 e. The van der Waals surface area contributed by atoms with Gasteiger partial charge < -0.3 is 10.6 Å². The second-order valence-electron chi connectivity index (χ2n) is 3.83. The van der Waals surface area contributed by atoms with Crippen molar-refractivity contribution in [2.24, 2.45) is 0 Å². The fourth-order valence-electron chi connectivity index (χ4n) is 1.46. The van der Waals surface area contributed by atoms with Crippen molar-refractivity contribution in [1.29, 1.82) is 0 Å². The molecule has 2 aromatic rings. The number of hydrogen-bond acceptors (Lipinski definition) is 1. The molecule has 0 amide bonds. The topological polar surface area (TPSA) is 24.1 Å². The molecule has 0 spiro atoms. The Morgan fingerprint density at radius 3 is 2.25 bits per heavy atom. The van der Waals surface area contributed by atoms with E-state index >= 15 is 0 Å². The van der Waals surface area contributed by atoms with Crippen LogP contribution in [0.25, 0.3) is 0 Å². The zero-order valence-corrected chi connectivity index (χ0v) is 12.2. The largest absolute Gasteiger partial charge is 0.331 e. The molecule has 0 aliphatic heterocycles. The van der Waals surface area contributed by atoms with Crippen LogP contribution in [-0.4, -0.2) is 5.11 Å². The summed E-state index contributed by atoms with van der Waals surface area (Å²) in [4.78, 5) is 0. The fraction of sp³-hybridized carbons (Fsp3) is 0. The van der Waals surface area contributed by atoms with Crippen LogP contribution in [0.3, 0.4) is 0 Å². The first-order valence-corrected chi connectivity index (χ1v) is 6.60. The molecule has 7 heteroatoms. The normalized spacial score (nSPS) is 10.2. The van der Waals surface area contributed by atoms with E-state index in [1.54, 1.807) is 0 Å². The van der Waals surface area contributed by atoms with Gasteiger partial charge in [0.05, 0.1) is 16.4 Å². The average molecular weight is 333 g/mol. The summed E-state index contributed by atoms with van der Waals surface area (Å²) >= 11 is 16.5. The molecule has 20 heavy (non-hydrogen) atoms. The fourth-order valence-corrected chi connectivity index (χ4v) is 2.05. The maximum Gasteiger partial charge on any atom is 0.175 e. The van der Waals surface area contributed by atoms with Crippen molar-refractivity contribution in [2.45, 2.75) is 0 Å². The lowest BCUT2D eigenvalue weighted by Gasteiger charge is -2.12. The van der Waals surface area contributed by atoms with Gasteiger partial charge in [-0.15, -0.1) is 0 Å². The van der Waals surface area contributed by atoms with Gasteiger partial charge in [-0.1, -0.05) is 23.2 Å². The molecule has 0 fully saturated rings. The number of halogens is 4. The van der Waals surface area contributed by atoms with Crippen LogP contribution >= 0.6 is 35.4 Å². The Morgan fingerprint density at radius 1 is 0.950 bits per heavy atom. The highest BCUT2D eigenvalue weighted by atomic mass is 35.5. The molecule has 0 heterocycles. The molecule has 0 unspecified atom stereocenters. The van der Waals surface area contributed by atoms with E-state index in [9.17, 15) is 8.78 Å². The van der Waals surface area contributed by atoms with Crippen LogP contribution in [0.5, 0.6) is 0 Å². The van der Waals surface area contributed by atoms with Crippen molar-refractivity contribution in [3.63, 3.8) is 0 Å². The summed E-state index contributed by atoms with van der Waals surface area (Å²) in [6.45, 7) is 0. The van der Waals surface area contributed by atoms with E-state index in [0.29, 0.717) is 5.69 Å². The molecule has 2 aromatic carbocycles. The van der Waals surface area contributed by atoms with E-state index in [-0.39, 0.29) is 20.8 Å². The average Bonchev–Trinajstić information content (AvgIpc) is 2.36. The lowest BCUT2D eigenvalue weighted by atomic mass is 10.3. The van der Waals surface area contributed by atoms with Gasteiger partial charge in [0.1, 0.15) is 11.6 Å². The van der Waals surface area contributed by atoms with Crippen molar-refractivity contribution >= 4 is 51.9 Å². The third kappa shape index (κ3) is 3.79. The zero-order valence-electron chi connectivity index (χ0n) is 9.88. The molecule has 0 aliphatic rings. The summed E-state index contributed by atoms with van der Waals surface area (Å²) < 4.78 is 26.5. The van der Waals surface area contributed by atoms with Crippen LogP contribution in [0.15, 0.2) is 36.4 Å². The molecule has 0 radical (unpaired) electrons. The molecule has 0 saturated heterocycles. The molecule has 0 bridgehead atoms. The van der Waals surface area contributed by atoms with Gasteiger partial charge in [0.15, 0.2) is 5.11 Å².